The molecule has 2 aliphatic rings. The number of carbonyl (C=O) groups excluding carboxylic acids is 1. The van der Waals surface area contributed by atoms with Gasteiger partial charge in [0.1, 0.15) is 0 Å². The van der Waals surface area contributed by atoms with E-state index in [0.717, 1.165) is 24.9 Å². The first kappa shape index (κ1) is 15.5. The Balaban J connectivity index is 1.71. The fourth-order valence-corrected chi connectivity index (χ4v) is 3.75. The van der Waals surface area contributed by atoms with Gasteiger partial charge in [-0.15, -0.1) is 0 Å². The van der Waals surface area contributed by atoms with E-state index >= 15 is 0 Å². The maximum atomic E-state index is 12.7. The summed E-state index contributed by atoms with van der Waals surface area (Å²) < 4.78 is 0. The fourth-order valence-electron chi connectivity index (χ4n) is 3.75. The average Bonchev–Trinajstić information content (AvgIpc) is 2.97. The van der Waals surface area contributed by atoms with E-state index < -0.39 is 6.10 Å². The Bertz CT molecular complexity index is 546. The largest absolute Gasteiger partial charge is 0.388 e. The number of hydrogen-bond donors (Lipinski definition) is 1. The molecule has 1 amide bonds. The van der Waals surface area contributed by atoms with Crippen LogP contribution in [0.1, 0.15) is 68.7 Å². The Morgan fingerprint density at radius 3 is 2.50 bits per heavy atom. The minimum absolute atomic E-state index is 0.208. The van der Waals surface area contributed by atoms with E-state index in [1.54, 1.807) is 0 Å². The van der Waals surface area contributed by atoms with Crippen molar-refractivity contribution in [1.29, 1.82) is 0 Å². The Morgan fingerprint density at radius 2 is 1.82 bits per heavy atom. The van der Waals surface area contributed by atoms with Gasteiger partial charge in [0.2, 0.25) is 5.91 Å². The van der Waals surface area contributed by atoms with Crippen molar-refractivity contribution in [3.63, 3.8) is 0 Å². The van der Waals surface area contributed by atoms with E-state index in [1.165, 1.54) is 30.4 Å². The molecule has 22 heavy (non-hydrogen) atoms. The second kappa shape index (κ2) is 6.41. The van der Waals surface area contributed by atoms with Crippen LogP contribution in [0.25, 0.3) is 0 Å². The first-order chi connectivity index (χ1) is 10.6. The van der Waals surface area contributed by atoms with Crippen LogP contribution in [-0.4, -0.2) is 15.9 Å². The van der Waals surface area contributed by atoms with Gasteiger partial charge in [0, 0.05) is 19.0 Å². The summed E-state index contributed by atoms with van der Waals surface area (Å²) in [5.74, 6) is 0.782. The maximum Gasteiger partial charge on any atom is 0.226 e. The third-order valence-corrected chi connectivity index (χ3v) is 5.19. The van der Waals surface area contributed by atoms with Crippen LogP contribution in [0.2, 0.25) is 0 Å². The first-order valence-electron chi connectivity index (χ1n) is 8.65. The molecule has 0 spiro atoms. The fraction of sp³-hybridized carbons (Fsp3) is 0.632. The van der Waals surface area contributed by atoms with Crippen LogP contribution in [0.15, 0.2) is 18.2 Å². The van der Waals surface area contributed by atoms with Gasteiger partial charge in [-0.05, 0) is 35.4 Å². The van der Waals surface area contributed by atoms with E-state index in [-0.39, 0.29) is 11.8 Å². The van der Waals surface area contributed by atoms with Crippen molar-refractivity contribution in [3.8, 4) is 0 Å². The summed E-state index contributed by atoms with van der Waals surface area (Å²) in [5.41, 5.74) is 3.42. The second-order valence-electron chi connectivity index (χ2n) is 7.25. The minimum atomic E-state index is -0.423. The molecule has 1 aliphatic carbocycles. The van der Waals surface area contributed by atoms with Crippen molar-refractivity contribution >= 4 is 5.91 Å². The maximum absolute atomic E-state index is 12.7. The molecule has 1 aliphatic heterocycles. The van der Waals surface area contributed by atoms with Crippen LogP contribution in [0, 0.1) is 11.8 Å². The monoisotopic (exact) mass is 301 g/mol. The lowest BCUT2D eigenvalue weighted by Crippen LogP contribution is -2.33. The average molecular weight is 301 g/mol. The lowest BCUT2D eigenvalue weighted by Gasteiger charge is -2.25. The summed E-state index contributed by atoms with van der Waals surface area (Å²) >= 11 is 0. The normalized spacial score (nSPS) is 20.3. The predicted molar refractivity (Wildman–Crippen MR) is 87.1 cm³/mol. The summed E-state index contributed by atoms with van der Waals surface area (Å²) in [6.45, 7) is 5.50. The lowest BCUT2D eigenvalue weighted by molar-refractivity contribution is -0.137. The van der Waals surface area contributed by atoms with Crippen molar-refractivity contribution in [2.45, 2.75) is 65.1 Å². The van der Waals surface area contributed by atoms with Gasteiger partial charge in [0.15, 0.2) is 0 Å². The molecule has 3 rings (SSSR count). The molecule has 0 saturated heterocycles. The van der Waals surface area contributed by atoms with Gasteiger partial charge in [-0.1, -0.05) is 51.3 Å². The van der Waals surface area contributed by atoms with Crippen molar-refractivity contribution in [2.75, 3.05) is 0 Å². The molecular weight excluding hydrogens is 274 g/mol. The smallest absolute Gasteiger partial charge is 0.226 e. The van der Waals surface area contributed by atoms with Gasteiger partial charge in [-0.3, -0.25) is 4.79 Å². The molecule has 1 heterocycles. The molecule has 120 valence electrons. The Hall–Kier alpha value is -1.35. The highest BCUT2D eigenvalue weighted by molar-refractivity contribution is 5.79. The zero-order valence-corrected chi connectivity index (χ0v) is 13.7. The van der Waals surface area contributed by atoms with Crippen molar-refractivity contribution < 1.29 is 9.90 Å². The minimum Gasteiger partial charge on any atom is -0.388 e. The van der Waals surface area contributed by atoms with E-state index in [4.69, 9.17) is 0 Å². The standard InChI is InChI=1S/C19H27NO2/c1-13(2)18(21)15-8-9-16-11-20(12-17(16)10-15)19(22)14-6-4-3-5-7-14/h8-10,13-14,18,21H,3-7,11-12H2,1-2H3. The molecule has 1 aromatic carbocycles. The molecule has 0 bridgehead atoms. The number of rotatable bonds is 3. The summed E-state index contributed by atoms with van der Waals surface area (Å²) in [4.78, 5) is 14.7. The molecule has 0 aromatic heterocycles. The molecule has 1 N–H and O–H groups in total. The van der Waals surface area contributed by atoms with Crippen molar-refractivity contribution in [1.82, 2.24) is 4.90 Å². The summed E-state index contributed by atoms with van der Waals surface area (Å²) in [7, 11) is 0. The van der Waals surface area contributed by atoms with E-state index in [1.807, 2.05) is 24.8 Å². The molecule has 1 aromatic rings. The number of nitrogens with zero attached hydrogens (tertiary/aromatic N) is 1. The van der Waals surface area contributed by atoms with Gasteiger partial charge in [0.25, 0.3) is 0 Å². The second-order valence-corrected chi connectivity index (χ2v) is 7.25. The summed E-state index contributed by atoms with van der Waals surface area (Å²) in [6, 6.07) is 6.19. The number of amides is 1. The van der Waals surface area contributed by atoms with Gasteiger partial charge in [-0.25, -0.2) is 0 Å². The number of carbonyl (C=O) groups is 1. The summed E-state index contributed by atoms with van der Waals surface area (Å²) in [5, 5.41) is 10.2. The quantitative estimate of drug-likeness (QED) is 0.922. The Labute approximate surface area is 133 Å². The molecular formula is C19H27NO2. The van der Waals surface area contributed by atoms with E-state index in [9.17, 15) is 9.90 Å². The van der Waals surface area contributed by atoms with Crippen LogP contribution < -0.4 is 0 Å². The predicted octanol–water partition coefficient (Wildman–Crippen LogP) is 3.80. The van der Waals surface area contributed by atoms with E-state index in [0.29, 0.717) is 12.5 Å². The van der Waals surface area contributed by atoms with Crippen LogP contribution in [0.5, 0.6) is 0 Å². The number of aliphatic hydroxyl groups excluding tert-OH is 1. The number of aliphatic hydroxyl groups is 1. The third-order valence-electron chi connectivity index (χ3n) is 5.19. The number of fused-ring (bicyclic) bond motifs is 1. The van der Waals surface area contributed by atoms with Crippen LogP contribution in [0.3, 0.4) is 0 Å². The summed E-state index contributed by atoms with van der Waals surface area (Å²) in [6.07, 6.45) is 5.37. The third kappa shape index (κ3) is 3.05. The molecule has 0 radical (unpaired) electrons. The van der Waals surface area contributed by atoms with Gasteiger partial charge < -0.3 is 10.0 Å². The lowest BCUT2D eigenvalue weighted by atomic mass is 9.88. The first-order valence-corrected chi connectivity index (χ1v) is 8.65. The van der Waals surface area contributed by atoms with Crippen molar-refractivity contribution in [3.05, 3.63) is 34.9 Å². The van der Waals surface area contributed by atoms with Crippen molar-refractivity contribution in [2.24, 2.45) is 11.8 Å². The molecule has 1 fully saturated rings. The Kier molecular flexibility index (Phi) is 4.53. The molecule has 3 heteroatoms. The molecule has 1 saturated carbocycles. The zero-order valence-electron chi connectivity index (χ0n) is 13.7. The van der Waals surface area contributed by atoms with E-state index in [2.05, 4.69) is 12.1 Å². The number of hydrogen-bond acceptors (Lipinski definition) is 2. The van der Waals surface area contributed by atoms with Crippen LogP contribution in [0.4, 0.5) is 0 Å². The molecule has 3 nitrogen and oxygen atoms in total. The topological polar surface area (TPSA) is 40.5 Å². The highest BCUT2D eigenvalue weighted by Gasteiger charge is 2.30. The SMILES string of the molecule is CC(C)C(O)c1ccc2c(c1)CN(C(=O)C1CCCCC1)C2. The van der Waals surface area contributed by atoms with Gasteiger partial charge in [0.05, 0.1) is 6.10 Å². The van der Waals surface area contributed by atoms with Crippen LogP contribution in [-0.2, 0) is 17.9 Å². The van der Waals surface area contributed by atoms with Crippen LogP contribution >= 0.6 is 0 Å². The van der Waals surface area contributed by atoms with Gasteiger partial charge in [-0.2, -0.15) is 0 Å². The number of benzene rings is 1. The zero-order chi connectivity index (χ0) is 15.7. The van der Waals surface area contributed by atoms with Gasteiger partial charge >= 0.3 is 0 Å². The molecule has 1 unspecified atom stereocenters. The highest BCUT2D eigenvalue weighted by Crippen LogP contribution is 2.32. The molecule has 1 atom stereocenters. The highest BCUT2D eigenvalue weighted by atomic mass is 16.3. The Morgan fingerprint density at radius 1 is 1.14 bits per heavy atom.